The van der Waals surface area contributed by atoms with Gasteiger partial charge in [0.05, 0.1) is 14.2 Å². The number of carbonyl (C=O) groups is 2. The quantitative estimate of drug-likeness (QED) is 0.631. The van der Waals surface area contributed by atoms with Crippen LogP contribution in [0.2, 0.25) is 0 Å². The largest absolute Gasteiger partial charge is 0.497 e. The summed E-state index contributed by atoms with van der Waals surface area (Å²) in [5.74, 6) is -1.53. The highest BCUT2D eigenvalue weighted by molar-refractivity contribution is 6.14. The first-order valence-corrected chi connectivity index (χ1v) is 6.05. The van der Waals surface area contributed by atoms with Crippen molar-refractivity contribution in [1.29, 1.82) is 0 Å². The molecule has 0 fully saturated rings. The number of carbonyl (C=O) groups excluding carboxylic acids is 2. The monoisotopic (exact) mass is 284 g/mol. The highest BCUT2D eigenvalue weighted by Gasteiger charge is 2.57. The van der Waals surface area contributed by atoms with Gasteiger partial charge >= 0.3 is 5.97 Å². The van der Waals surface area contributed by atoms with Crippen molar-refractivity contribution in [3.05, 3.63) is 29.3 Å². The van der Waals surface area contributed by atoms with Gasteiger partial charge in [-0.2, -0.15) is 0 Å². The van der Waals surface area contributed by atoms with Gasteiger partial charge in [-0.05, 0) is 36.6 Å². The van der Waals surface area contributed by atoms with Crippen molar-refractivity contribution in [1.82, 2.24) is 0 Å². The Bertz CT molecular complexity index is 556. The van der Waals surface area contributed by atoms with E-state index in [9.17, 15) is 18.4 Å². The van der Waals surface area contributed by atoms with Crippen LogP contribution < -0.4 is 4.74 Å². The van der Waals surface area contributed by atoms with Crippen LogP contribution in [-0.4, -0.2) is 32.4 Å². The lowest BCUT2D eigenvalue weighted by Crippen LogP contribution is -2.49. The molecule has 0 N–H and O–H groups in total. The maximum absolute atomic E-state index is 13.4. The third-order valence-electron chi connectivity index (χ3n) is 3.67. The summed E-state index contributed by atoms with van der Waals surface area (Å²) in [5.41, 5.74) is -1.66. The zero-order chi connectivity index (χ0) is 14.9. The van der Waals surface area contributed by atoms with Gasteiger partial charge in [0.2, 0.25) is 0 Å². The highest BCUT2D eigenvalue weighted by atomic mass is 19.3. The number of benzene rings is 1. The SMILES string of the molecule is COC(=O)C1(C(F)F)CCc2cc(OC)ccc2C1=O. The van der Waals surface area contributed by atoms with Crippen LogP contribution >= 0.6 is 0 Å². The summed E-state index contributed by atoms with van der Waals surface area (Å²) in [6.45, 7) is 0. The average molecular weight is 284 g/mol. The summed E-state index contributed by atoms with van der Waals surface area (Å²) >= 11 is 0. The lowest BCUT2D eigenvalue weighted by atomic mass is 9.70. The van der Waals surface area contributed by atoms with Gasteiger partial charge in [0.15, 0.2) is 11.2 Å². The number of hydrogen-bond acceptors (Lipinski definition) is 4. The molecular weight excluding hydrogens is 270 g/mol. The lowest BCUT2D eigenvalue weighted by molar-refractivity contribution is -0.158. The minimum Gasteiger partial charge on any atom is -0.497 e. The summed E-state index contributed by atoms with van der Waals surface area (Å²) < 4.78 is 36.2. The Labute approximate surface area is 114 Å². The summed E-state index contributed by atoms with van der Waals surface area (Å²) in [6.07, 6.45) is -3.17. The normalized spacial score (nSPS) is 21.6. The topological polar surface area (TPSA) is 52.6 Å². The fourth-order valence-corrected chi connectivity index (χ4v) is 2.49. The number of halogens is 2. The standard InChI is InChI=1S/C14H14F2O4/c1-19-9-3-4-10-8(7-9)5-6-14(11(10)17,12(15)16)13(18)20-2/h3-4,7,12H,5-6H2,1-2H3. The molecule has 0 heterocycles. The summed E-state index contributed by atoms with van der Waals surface area (Å²) in [7, 11) is 2.48. The van der Waals surface area contributed by atoms with Gasteiger partial charge in [-0.25, -0.2) is 8.78 Å². The van der Waals surface area contributed by atoms with E-state index in [4.69, 9.17) is 4.74 Å². The molecule has 0 radical (unpaired) electrons. The first-order valence-electron chi connectivity index (χ1n) is 6.05. The summed E-state index contributed by atoms with van der Waals surface area (Å²) in [5, 5.41) is 0. The van der Waals surface area contributed by atoms with Crippen molar-refractivity contribution in [2.24, 2.45) is 5.41 Å². The van der Waals surface area contributed by atoms with Crippen LogP contribution in [-0.2, 0) is 16.0 Å². The zero-order valence-electron chi connectivity index (χ0n) is 11.1. The van der Waals surface area contributed by atoms with Gasteiger partial charge < -0.3 is 9.47 Å². The fourth-order valence-electron chi connectivity index (χ4n) is 2.49. The molecule has 1 aromatic rings. The molecule has 0 amide bonds. The fraction of sp³-hybridized carbons (Fsp3) is 0.429. The first-order chi connectivity index (χ1) is 9.47. The molecule has 1 aliphatic rings. The Kier molecular flexibility index (Phi) is 3.74. The van der Waals surface area contributed by atoms with Crippen molar-refractivity contribution >= 4 is 11.8 Å². The van der Waals surface area contributed by atoms with Gasteiger partial charge in [-0.3, -0.25) is 9.59 Å². The Morgan fingerprint density at radius 3 is 2.60 bits per heavy atom. The summed E-state index contributed by atoms with van der Waals surface area (Å²) in [4.78, 5) is 24.1. The van der Waals surface area contributed by atoms with Gasteiger partial charge in [0, 0.05) is 5.56 Å². The highest BCUT2D eigenvalue weighted by Crippen LogP contribution is 2.42. The average Bonchev–Trinajstić information content (AvgIpc) is 2.46. The number of hydrogen-bond donors (Lipinski definition) is 0. The van der Waals surface area contributed by atoms with E-state index in [-0.39, 0.29) is 18.4 Å². The molecule has 4 nitrogen and oxygen atoms in total. The van der Waals surface area contributed by atoms with Gasteiger partial charge in [-0.15, -0.1) is 0 Å². The maximum atomic E-state index is 13.4. The minimum atomic E-state index is -3.10. The van der Waals surface area contributed by atoms with Crippen LogP contribution in [0, 0.1) is 5.41 Å². The van der Waals surface area contributed by atoms with Crippen LogP contribution in [0.5, 0.6) is 5.75 Å². The molecule has 20 heavy (non-hydrogen) atoms. The zero-order valence-corrected chi connectivity index (χ0v) is 11.1. The Hall–Kier alpha value is -1.98. The number of Topliss-reactive ketones (excluding diaryl/α,β-unsaturated/α-hetero) is 1. The molecule has 0 saturated heterocycles. The second-order valence-corrected chi connectivity index (χ2v) is 4.62. The van der Waals surface area contributed by atoms with Crippen LogP contribution in [0.25, 0.3) is 0 Å². The third-order valence-corrected chi connectivity index (χ3v) is 3.67. The third kappa shape index (κ3) is 1.95. The second kappa shape index (κ2) is 5.19. The molecular formula is C14H14F2O4. The molecule has 0 aromatic heterocycles. The van der Waals surface area contributed by atoms with Crippen LogP contribution in [0.1, 0.15) is 22.3 Å². The molecule has 0 spiro atoms. The molecule has 0 saturated carbocycles. The van der Waals surface area contributed by atoms with Gasteiger partial charge in [-0.1, -0.05) is 0 Å². The number of fused-ring (bicyclic) bond motifs is 1. The van der Waals surface area contributed by atoms with Crippen LogP contribution in [0.15, 0.2) is 18.2 Å². The van der Waals surface area contributed by atoms with Crippen molar-refractivity contribution in [3.63, 3.8) is 0 Å². The molecule has 1 aromatic carbocycles. The molecule has 0 bridgehead atoms. The summed E-state index contributed by atoms with van der Waals surface area (Å²) in [6, 6.07) is 4.55. The molecule has 1 aliphatic carbocycles. The van der Waals surface area contributed by atoms with E-state index in [0.717, 1.165) is 7.11 Å². The van der Waals surface area contributed by atoms with Gasteiger partial charge in [0.25, 0.3) is 6.43 Å². The van der Waals surface area contributed by atoms with E-state index in [1.54, 1.807) is 6.07 Å². The van der Waals surface area contributed by atoms with Crippen molar-refractivity contribution in [3.8, 4) is 5.75 Å². The number of methoxy groups -OCH3 is 2. The van der Waals surface area contributed by atoms with Crippen molar-refractivity contribution in [2.75, 3.05) is 14.2 Å². The minimum absolute atomic E-state index is 0.128. The second-order valence-electron chi connectivity index (χ2n) is 4.62. The van der Waals surface area contributed by atoms with Crippen LogP contribution in [0.3, 0.4) is 0 Å². The molecule has 2 rings (SSSR count). The van der Waals surface area contributed by atoms with Crippen molar-refractivity contribution < 1.29 is 27.8 Å². The smallest absolute Gasteiger partial charge is 0.325 e. The Morgan fingerprint density at radius 1 is 1.35 bits per heavy atom. The maximum Gasteiger partial charge on any atom is 0.325 e. The van der Waals surface area contributed by atoms with Crippen LogP contribution in [0.4, 0.5) is 8.78 Å². The Morgan fingerprint density at radius 2 is 2.05 bits per heavy atom. The number of ether oxygens (including phenoxy) is 2. The number of rotatable bonds is 3. The van der Waals surface area contributed by atoms with Gasteiger partial charge in [0.1, 0.15) is 5.75 Å². The van der Waals surface area contributed by atoms with E-state index < -0.39 is 23.6 Å². The lowest BCUT2D eigenvalue weighted by Gasteiger charge is -2.33. The van der Waals surface area contributed by atoms with Crippen molar-refractivity contribution in [2.45, 2.75) is 19.3 Å². The molecule has 1 atom stereocenters. The van der Waals surface area contributed by atoms with E-state index in [2.05, 4.69) is 4.74 Å². The van der Waals surface area contributed by atoms with E-state index in [0.29, 0.717) is 11.3 Å². The predicted molar refractivity (Wildman–Crippen MR) is 66.1 cm³/mol. The Balaban J connectivity index is 2.51. The number of alkyl halides is 2. The first kappa shape index (κ1) is 14.4. The van der Waals surface area contributed by atoms with E-state index in [1.807, 2.05) is 0 Å². The number of aryl methyl sites for hydroxylation is 1. The predicted octanol–water partition coefficient (Wildman–Crippen LogP) is 2.25. The van der Waals surface area contributed by atoms with E-state index in [1.165, 1.54) is 19.2 Å². The molecule has 108 valence electrons. The molecule has 1 unspecified atom stereocenters. The molecule has 0 aliphatic heterocycles. The van der Waals surface area contributed by atoms with E-state index >= 15 is 0 Å². The number of ketones is 1. The number of esters is 1. The molecule has 6 heteroatoms.